The van der Waals surface area contributed by atoms with E-state index in [0.717, 1.165) is 37.7 Å². The summed E-state index contributed by atoms with van der Waals surface area (Å²) in [4.78, 5) is 5.28. The highest BCUT2D eigenvalue weighted by Gasteiger charge is 2.33. The van der Waals surface area contributed by atoms with E-state index in [1.807, 2.05) is 11.3 Å². The maximum Gasteiger partial charge on any atom is 0.105 e. The SMILES string of the molecule is COC[C@@H]1c2nnn(CC3CC3)c2CCN1Cc1ccc(C)s1. The van der Waals surface area contributed by atoms with Crippen molar-refractivity contribution in [1.29, 1.82) is 0 Å². The van der Waals surface area contributed by atoms with Gasteiger partial charge in [-0.1, -0.05) is 5.21 Å². The van der Waals surface area contributed by atoms with E-state index in [1.165, 1.54) is 28.3 Å². The Morgan fingerprint density at radius 1 is 1.35 bits per heavy atom. The number of aryl methyl sites for hydroxylation is 1. The van der Waals surface area contributed by atoms with E-state index in [-0.39, 0.29) is 6.04 Å². The van der Waals surface area contributed by atoms with Crippen molar-refractivity contribution in [3.05, 3.63) is 33.3 Å². The molecule has 0 N–H and O–H groups in total. The Labute approximate surface area is 141 Å². The second-order valence-corrected chi connectivity index (χ2v) is 8.12. The number of ether oxygens (including phenoxy) is 1. The van der Waals surface area contributed by atoms with Crippen molar-refractivity contribution in [3.8, 4) is 0 Å². The van der Waals surface area contributed by atoms with Crippen molar-refractivity contribution in [1.82, 2.24) is 19.9 Å². The molecule has 1 aliphatic heterocycles. The highest BCUT2D eigenvalue weighted by molar-refractivity contribution is 7.11. The smallest absolute Gasteiger partial charge is 0.105 e. The Morgan fingerprint density at radius 3 is 2.91 bits per heavy atom. The van der Waals surface area contributed by atoms with Gasteiger partial charge in [-0.05, 0) is 37.8 Å². The molecule has 4 rings (SSSR count). The van der Waals surface area contributed by atoms with Crippen molar-refractivity contribution in [2.24, 2.45) is 5.92 Å². The van der Waals surface area contributed by atoms with Gasteiger partial charge in [-0.2, -0.15) is 0 Å². The van der Waals surface area contributed by atoms with Crippen LogP contribution < -0.4 is 0 Å². The van der Waals surface area contributed by atoms with Gasteiger partial charge in [0.25, 0.3) is 0 Å². The Hall–Kier alpha value is -1.24. The first-order valence-electron chi connectivity index (χ1n) is 8.45. The summed E-state index contributed by atoms with van der Waals surface area (Å²) in [5.41, 5.74) is 2.46. The lowest BCUT2D eigenvalue weighted by Gasteiger charge is -2.34. The van der Waals surface area contributed by atoms with E-state index in [4.69, 9.17) is 4.74 Å². The highest BCUT2D eigenvalue weighted by Crippen LogP contribution is 2.34. The van der Waals surface area contributed by atoms with E-state index in [1.54, 1.807) is 7.11 Å². The van der Waals surface area contributed by atoms with Gasteiger partial charge in [0.1, 0.15) is 5.69 Å². The van der Waals surface area contributed by atoms with E-state index < -0.39 is 0 Å². The van der Waals surface area contributed by atoms with Crippen molar-refractivity contribution in [3.63, 3.8) is 0 Å². The Balaban J connectivity index is 1.56. The van der Waals surface area contributed by atoms with E-state index >= 15 is 0 Å². The quantitative estimate of drug-likeness (QED) is 0.816. The molecule has 2 aromatic heterocycles. The molecule has 0 spiro atoms. The molecule has 0 bridgehead atoms. The molecule has 2 aromatic rings. The lowest BCUT2D eigenvalue weighted by molar-refractivity contribution is 0.0756. The molecule has 1 saturated carbocycles. The van der Waals surface area contributed by atoms with Crippen LogP contribution in [0.3, 0.4) is 0 Å². The average Bonchev–Trinajstić information content (AvgIpc) is 3.12. The summed E-state index contributed by atoms with van der Waals surface area (Å²) in [7, 11) is 1.77. The third-order valence-electron chi connectivity index (χ3n) is 4.87. The first-order chi connectivity index (χ1) is 11.2. The minimum Gasteiger partial charge on any atom is -0.383 e. The number of aromatic nitrogens is 3. The molecule has 0 radical (unpaired) electrons. The number of rotatable bonds is 6. The standard InChI is InChI=1S/C17H24N4OS/c1-12-3-6-14(23-12)10-20-8-7-15-17(16(20)11-22-2)18-19-21(15)9-13-4-5-13/h3,6,13,16H,4-5,7-11H2,1-2H3/t16-/m1/s1. The van der Waals surface area contributed by atoms with E-state index in [9.17, 15) is 0 Å². The van der Waals surface area contributed by atoms with Gasteiger partial charge in [0.15, 0.2) is 0 Å². The van der Waals surface area contributed by atoms with Crippen LogP contribution in [0.2, 0.25) is 0 Å². The van der Waals surface area contributed by atoms with Crippen LogP contribution in [0.25, 0.3) is 0 Å². The summed E-state index contributed by atoms with van der Waals surface area (Å²) >= 11 is 1.88. The average molecular weight is 332 g/mol. The largest absolute Gasteiger partial charge is 0.383 e. The molecule has 3 heterocycles. The first-order valence-corrected chi connectivity index (χ1v) is 9.27. The van der Waals surface area contributed by atoms with Crippen LogP contribution in [0.4, 0.5) is 0 Å². The first kappa shape index (κ1) is 15.3. The fourth-order valence-corrected chi connectivity index (χ4v) is 4.35. The topological polar surface area (TPSA) is 43.2 Å². The third-order valence-corrected chi connectivity index (χ3v) is 5.85. The minimum atomic E-state index is 0.221. The maximum atomic E-state index is 5.50. The Kier molecular flexibility index (Phi) is 4.22. The van der Waals surface area contributed by atoms with Crippen molar-refractivity contribution in [2.75, 3.05) is 20.3 Å². The van der Waals surface area contributed by atoms with Gasteiger partial charge in [0, 0.05) is 42.9 Å². The van der Waals surface area contributed by atoms with Crippen molar-refractivity contribution < 1.29 is 4.74 Å². The number of hydrogen-bond donors (Lipinski definition) is 0. The zero-order valence-corrected chi connectivity index (χ0v) is 14.7. The Bertz CT molecular complexity index is 676. The van der Waals surface area contributed by atoms with Crippen molar-refractivity contribution in [2.45, 2.75) is 45.3 Å². The molecule has 0 unspecified atom stereocenters. The van der Waals surface area contributed by atoms with Crippen LogP contribution in [0.1, 0.15) is 40.0 Å². The van der Waals surface area contributed by atoms with E-state index in [0.29, 0.717) is 6.61 Å². The predicted octanol–water partition coefficient (Wildman–Crippen LogP) is 2.80. The van der Waals surface area contributed by atoms with Crippen LogP contribution in [-0.4, -0.2) is 40.2 Å². The molecular formula is C17H24N4OS. The Morgan fingerprint density at radius 2 is 2.22 bits per heavy atom. The lowest BCUT2D eigenvalue weighted by Crippen LogP contribution is -2.37. The van der Waals surface area contributed by atoms with Crippen molar-refractivity contribution >= 4 is 11.3 Å². The van der Waals surface area contributed by atoms with Gasteiger partial charge in [-0.3, -0.25) is 4.90 Å². The third kappa shape index (κ3) is 3.20. The summed E-state index contributed by atoms with van der Waals surface area (Å²) in [5, 5.41) is 8.97. The van der Waals surface area contributed by atoms with Gasteiger partial charge >= 0.3 is 0 Å². The molecule has 0 aromatic carbocycles. The van der Waals surface area contributed by atoms with Gasteiger partial charge < -0.3 is 4.74 Å². The zero-order valence-electron chi connectivity index (χ0n) is 13.9. The van der Waals surface area contributed by atoms with Crippen LogP contribution in [0.15, 0.2) is 12.1 Å². The zero-order chi connectivity index (χ0) is 15.8. The van der Waals surface area contributed by atoms with Gasteiger partial charge in [0.05, 0.1) is 18.3 Å². The fraction of sp³-hybridized carbons (Fsp3) is 0.647. The summed E-state index contributed by atoms with van der Waals surface area (Å²) in [6.07, 6.45) is 3.74. The molecule has 1 fully saturated rings. The molecule has 124 valence electrons. The van der Waals surface area contributed by atoms with Crippen LogP contribution in [-0.2, 0) is 24.2 Å². The molecular weight excluding hydrogens is 308 g/mol. The second-order valence-electron chi connectivity index (χ2n) is 6.75. The second kappa shape index (κ2) is 6.34. The summed E-state index contributed by atoms with van der Waals surface area (Å²) in [5.74, 6) is 0.828. The van der Waals surface area contributed by atoms with Crippen LogP contribution >= 0.6 is 11.3 Å². The molecule has 1 atom stereocenters. The minimum absolute atomic E-state index is 0.221. The summed E-state index contributed by atoms with van der Waals surface area (Å²) in [6, 6.07) is 4.66. The van der Waals surface area contributed by atoms with Gasteiger partial charge in [-0.15, -0.1) is 16.4 Å². The number of hydrogen-bond acceptors (Lipinski definition) is 5. The number of methoxy groups -OCH3 is 1. The fourth-order valence-electron chi connectivity index (χ4n) is 3.43. The molecule has 0 saturated heterocycles. The number of nitrogens with zero attached hydrogens (tertiary/aromatic N) is 4. The van der Waals surface area contributed by atoms with Crippen LogP contribution in [0.5, 0.6) is 0 Å². The predicted molar refractivity (Wildman–Crippen MR) is 90.5 cm³/mol. The maximum absolute atomic E-state index is 5.50. The molecule has 23 heavy (non-hydrogen) atoms. The highest BCUT2D eigenvalue weighted by atomic mass is 32.1. The van der Waals surface area contributed by atoms with Gasteiger partial charge in [-0.25, -0.2) is 4.68 Å². The van der Waals surface area contributed by atoms with Gasteiger partial charge in [0.2, 0.25) is 0 Å². The summed E-state index contributed by atoms with van der Waals surface area (Å²) in [6.45, 7) is 5.92. The number of fused-ring (bicyclic) bond motifs is 1. The number of thiophene rings is 1. The normalized spacial score (nSPS) is 21.6. The molecule has 0 amide bonds. The monoisotopic (exact) mass is 332 g/mol. The molecule has 6 heteroatoms. The summed E-state index contributed by atoms with van der Waals surface area (Å²) < 4.78 is 7.65. The van der Waals surface area contributed by atoms with E-state index in [2.05, 4.69) is 39.0 Å². The molecule has 1 aliphatic carbocycles. The van der Waals surface area contributed by atoms with Crippen LogP contribution in [0, 0.1) is 12.8 Å². The lowest BCUT2D eigenvalue weighted by atomic mass is 10.0. The molecule has 5 nitrogen and oxygen atoms in total. The molecule has 2 aliphatic rings.